The van der Waals surface area contributed by atoms with Crippen LogP contribution in [-0.4, -0.2) is 55.8 Å². The van der Waals surface area contributed by atoms with Gasteiger partial charge in [0.15, 0.2) is 5.76 Å². The first-order valence-electron chi connectivity index (χ1n) is 7.41. The minimum Gasteiger partial charge on any atom is -0.463 e. The van der Waals surface area contributed by atoms with E-state index < -0.39 is 0 Å². The standard InChI is InChI=1S/C15H21N3O2S/c1-2-14(20-9-1)13-12-21-15(17-13)3-4-16-5-6-18-7-10-19-11-8-18/h1-2,9,12,16H,3-8,10-11H2. The molecule has 0 saturated carbocycles. The third-order valence-corrected chi connectivity index (χ3v) is 4.46. The number of rotatable bonds is 7. The Balaban J connectivity index is 1.34. The van der Waals surface area contributed by atoms with Crippen LogP contribution in [0.5, 0.6) is 0 Å². The fourth-order valence-electron chi connectivity index (χ4n) is 2.35. The molecule has 2 aromatic heterocycles. The predicted octanol–water partition coefficient (Wildman–Crippen LogP) is 1.87. The minimum absolute atomic E-state index is 0.845. The van der Waals surface area contributed by atoms with Gasteiger partial charge in [0, 0.05) is 44.5 Å². The van der Waals surface area contributed by atoms with Gasteiger partial charge in [-0.25, -0.2) is 4.98 Å². The Hall–Kier alpha value is -1.21. The van der Waals surface area contributed by atoms with Crippen LogP contribution in [0.2, 0.25) is 0 Å². The Morgan fingerprint density at radius 2 is 2.19 bits per heavy atom. The molecule has 6 heteroatoms. The van der Waals surface area contributed by atoms with Crippen LogP contribution in [0.1, 0.15) is 5.01 Å². The maximum atomic E-state index is 5.36. The molecule has 0 unspecified atom stereocenters. The van der Waals surface area contributed by atoms with Crippen LogP contribution < -0.4 is 5.32 Å². The molecule has 3 rings (SSSR count). The summed E-state index contributed by atoms with van der Waals surface area (Å²) in [5, 5.41) is 6.70. The van der Waals surface area contributed by atoms with Gasteiger partial charge in [-0.3, -0.25) is 4.90 Å². The minimum atomic E-state index is 0.845. The fourth-order valence-corrected chi connectivity index (χ4v) is 3.13. The third kappa shape index (κ3) is 4.38. The second-order valence-corrected chi connectivity index (χ2v) is 6.00. The van der Waals surface area contributed by atoms with E-state index in [1.807, 2.05) is 12.1 Å². The Bertz CT molecular complexity index is 521. The Kier molecular flexibility index (Phi) is 5.40. The van der Waals surface area contributed by atoms with E-state index in [9.17, 15) is 0 Å². The van der Waals surface area contributed by atoms with Gasteiger partial charge in [-0.1, -0.05) is 0 Å². The molecule has 114 valence electrons. The maximum absolute atomic E-state index is 5.36. The van der Waals surface area contributed by atoms with E-state index in [1.165, 1.54) is 0 Å². The summed E-state index contributed by atoms with van der Waals surface area (Å²) in [5.74, 6) is 0.845. The van der Waals surface area contributed by atoms with Crippen LogP contribution in [0.4, 0.5) is 0 Å². The van der Waals surface area contributed by atoms with E-state index in [2.05, 4.69) is 20.6 Å². The quantitative estimate of drug-likeness (QED) is 0.791. The van der Waals surface area contributed by atoms with Gasteiger partial charge in [0.1, 0.15) is 5.69 Å². The second kappa shape index (κ2) is 7.70. The molecule has 1 fully saturated rings. The van der Waals surface area contributed by atoms with Crippen molar-refractivity contribution < 1.29 is 9.15 Å². The summed E-state index contributed by atoms with van der Waals surface area (Å²) >= 11 is 1.70. The molecule has 1 N–H and O–H groups in total. The SMILES string of the molecule is c1coc(-c2csc(CCNCCN3CCOCC3)n2)c1. The molecule has 3 heterocycles. The zero-order chi connectivity index (χ0) is 14.3. The smallest absolute Gasteiger partial charge is 0.153 e. The lowest BCUT2D eigenvalue weighted by Crippen LogP contribution is -2.40. The highest BCUT2D eigenvalue weighted by Gasteiger charge is 2.09. The number of thiazole rings is 1. The third-order valence-electron chi connectivity index (χ3n) is 3.55. The highest BCUT2D eigenvalue weighted by molar-refractivity contribution is 7.09. The molecule has 0 amide bonds. The molecule has 1 saturated heterocycles. The summed E-state index contributed by atoms with van der Waals surface area (Å²) in [6.07, 6.45) is 2.65. The van der Waals surface area contributed by atoms with Crippen molar-refractivity contribution in [1.82, 2.24) is 15.2 Å². The van der Waals surface area contributed by atoms with E-state index in [0.717, 1.165) is 68.8 Å². The number of aromatic nitrogens is 1. The molecule has 0 spiro atoms. The summed E-state index contributed by atoms with van der Waals surface area (Å²) in [7, 11) is 0. The number of hydrogen-bond acceptors (Lipinski definition) is 6. The lowest BCUT2D eigenvalue weighted by atomic mass is 10.3. The average Bonchev–Trinajstić information content (AvgIpc) is 3.19. The maximum Gasteiger partial charge on any atom is 0.153 e. The molecular formula is C15H21N3O2S. The number of nitrogens with zero attached hydrogens (tertiary/aromatic N) is 2. The van der Waals surface area contributed by atoms with Gasteiger partial charge in [-0.2, -0.15) is 0 Å². The number of ether oxygens (including phenoxy) is 1. The molecule has 1 aliphatic heterocycles. The lowest BCUT2D eigenvalue weighted by molar-refractivity contribution is 0.0385. The zero-order valence-corrected chi connectivity index (χ0v) is 12.9. The van der Waals surface area contributed by atoms with E-state index >= 15 is 0 Å². The van der Waals surface area contributed by atoms with Crippen LogP contribution >= 0.6 is 11.3 Å². The second-order valence-electron chi connectivity index (χ2n) is 5.06. The van der Waals surface area contributed by atoms with Gasteiger partial charge >= 0.3 is 0 Å². The van der Waals surface area contributed by atoms with Gasteiger partial charge in [0.25, 0.3) is 0 Å². The highest BCUT2D eigenvalue weighted by atomic mass is 32.1. The molecule has 0 radical (unpaired) electrons. The number of morpholine rings is 1. The topological polar surface area (TPSA) is 50.5 Å². The van der Waals surface area contributed by atoms with Crippen molar-refractivity contribution in [3.63, 3.8) is 0 Å². The van der Waals surface area contributed by atoms with E-state index in [0.29, 0.717) is 0 Å². The van der Waals surface area contributed by atoms with Gasteiger partial charge in [-0.05, 0) is 12.1 Å². The van der Waals surface area contributed by atoms with Crippen molar-refractivity contribution in [3.05, 3.63) is 28.8 Å². The molecule has 0 bridgehead atoms. The van der Waals surface area contributed by atoms with Crippen LogP contribution in [0, 0.1) is 0 Å². The molecule has 0 aromatic carbocycles. The van der Waals surface area contributed by atoms with Gasteiger partial charge in [-0.15, -0.1) is 11.3 Å². The van der Waals surface area contributed by atoms with Crippen LogP contribution in [0.3, 0.4) is 0 Å². The van der Waals surface area contributed by atoms with Gasteiger partial charge < -0.3 is 14.5 Å². The average molecular weight is 307 g/mol. The van der Waals surface area contributed by atoms with Crippen LogP contribution in [0.25, 0.3) is 11.5 Å². The summed E-state index contributed by atoms with van der Waals surface area (Å²) in [6, 6.07) is 3.83. The predicted molar refractivity (Wildman–Crippen MR) is 83.6 cm³/mol. The fraction of sp³-hybridized carbons (Fsp3) is 0.533. The first-order valence-corrected chi connectivity index (χ1v) is 8.29. The van der Waals surface area contributed by atoms with Crippen LogP contribution in [0.15, 0.2) is 28.2 Å². The number of hydrogen-bond donors (Lipinski definition) is 1. The monoisotopic (exact) mass is 307 g/mol. The first-order chi connectivity index (χ1) is 10.4. The molecule has 0 atom stereocenters. The molecule has 2 aromatic rings. The number of nitrogens with one attached hydrogen (secondary N) is 1. The van der Waals surface area contributed by atoms with Gasteiger partial charge in [0.05, 0.1) is 24.5 Å². The largest absolute Gasteiger partial charge is 0.463 e. The lowest BCUT2D eigenvalue weighted by Gasteiger charge is -2.26. The summed E-state index contributed by atoms with van der Waals surface area (Å²) in [6.45, 7) is 6.94. The Morgan fingerprint density at radius 3 is 3.00 bits per heavy atom. The molecule has 0 aliphatic carbocycles. The van der Waals surface area contributed by atoms with Crippen molar-refractivity contribution in [1.29, 1.82) is 0 Å². The molecule has 5 nitrogen and oxygen atoms in total. The van der Waals surface area contributed by atoms with Crippen molar-refractivity contribution in [2.24, 2.45) is 0 Å². The highest BCUT2D eigenvalue weighted by Crippen LogP contribution is 2.22. The van der Waals surface area contributed by atoms with E-state index in [4.69, 9.17) is 9.15 Å². The Morgan fingerprint density at radius 1 is 1.29 bits per heavy atom. The first kappa shape index (κ1) is 14.7. The zero-order valence-electron chi connectivity index (χ0n) is 12.1. The van der Waals surface area contributed by atoms with Crippen LogP contribution in [-0.2, 0) is 11.2 Å². The van der Waals surface area contributed by atoms with Gasteiger partial charge in [0.2, 0.25) is 0 Å². The van der Waals surface area contributed by atoms with Crippen molar-refractivity contribution >= 4 is 11.3 Å². The summed E-state index contributed by atoms with van der Waals surface area (Å²) < 4.78 is 10.7. The van der Waals surface area contributed by atoms with E-state index in [-0.39, 0.29) is 0 Å². The van der Waals surface area contributed by atoms with Crippen molar-refractivity contribution in [2.75, 3.05) is 45.9 Å². The Labute approximate surface area is 128 Å². The van der Waals surface area contributed by atoms with Crippen molar-refractivity contribution in [2.45, 2.75) is 6.42 Å². The summed E-state index contributed by atoms with van der Waals surface area (Å²) in [4.78, 5) is 7.04. The molecule has 1 aliphatic rings. The van der Waals surface area contributed by atoms with E-state index in [1.54, 1.807) is 17.6 Å². The number of furan rings is 1. The normalized spacial score (nSPS) is 16.4. The molecule has 21 heavy (non-hydrogen) atoms. The summed E-state index contributed by atoms with van der Waals surface area (Å²) in [5.41, 5.74) is 0.938. The molecular weight excluding hydrogens is 286 g/mol. The van der Waals surface area contributed by atoms with Crippen molar-refractivity contribution in [3.8, 4) is 11.5 Å².